The van der Waals surface area contributed by atoms with Crippen LogP contribution in [-0.2, 0) is 0 Å². The van der Waals surface area contributed by atoms with Crippen LogP contribution in [0.3, 0.4) is 0 Å². The van der Waals surface area contributed by atoms with Crippen molar-refractivity contribution < 1.29 is 4.74 Å². The van der Waals surface area contributed by atoms with Gasteiger partial charge in [0, 0.05) is 10.9 Å². The van der Waals surface area contributed by atoms with Crippen molar-refractivity contribution in [2.24, 2.45) is 0 Å². The summed E-state index contributed by atoms with van der Waals surface area (Å²) in [5.41, 5.74) is 2.24. The predicted molar refractivity (Wildman–Crippen MR) is 81.5 cm³/mol. The van der Waals surface area contributed by atoms with Crippen LogP contribution in [0.5, 0.6) is 5.75 Å². The van der Waals surface area contributed by atoms with E-state index in [-0.39, 0.29) is 0 Å². The van der Waals surface area contributed by atoms with Crippen LogP contribution >= 0.6 is 23.2 Å². The zero-order valence-electron chi connectivity index (χ0n) is 10.6. The first-order valence-corrected chi connectivity index (χ1v) is 6.69. The molecule has 0 saturated heterocycles. The van der Waals surface area contributed by atoms with E-state index >= 15 is 0 Å². The van der Waals surface area contributed by atoms with Crippen molar-refractivity contribution in [1.82, 2.24) is 9.97 Å². The van der Waals surface area contributed by atoms with Crippen LogP contribution in [0, 0.1) is 0 Å². The maximum Gasteiger partial charge on any atom is 0.119 e. The summed E-state index contributed by atoms with van der Waals surface area (Å²) in [5.74, 6) is 0.721. The quantitative estimate of drug-likeness (QED) is 0.693. The second-order valence-electron chi connectivity index (χ2n) is 4.20. The fourth-order valence-electron chi connectivity index (χ4n) is 2.08. The summed E-state index contributed by atoms with van der Waals surface area (Å²) in [7, 11) is 1.61. The molecule has 0 aliphatic heterocycles. The summed E-state index contributed by atoms with van der Waals surface area (Å²) in [6.07, 6.45) is 1.49. The van der Waals surface area contributed by atoms with Gasteiger partial charge in [0.15, 0.2) is 0 Å². The third-order valence-corrected chi connectivity index (χ3v) is 3.68. The van der Waals surface area contributed by atoms with Crippen molar-refractivity contribution in [2.45, 2.75) is 0 Å². The zero-order valence-corrected chi connectivity index (χ0v) is 12.1. The predicted octanol–water partition coefficient (Wildman–Crippen LogP) is 4.61. The Hall–Kier alpha value is -1.84. The number of rotatable bonds is 2. The fraction of sp³-hybridized carbons (Fsp3) is 0.0667. The molecular weight excluding hydrogens is 295 g/mol. The molecular formula is C15H10Cl2N2O. The van der Waals surface area contributed by atoms with Crippen LogP contribution in [0.1, 0.15) is 0 Å². The summed E-state index contributed by atoms with van der Waals surface area (Å²) < 4.78 is 5.24. The summed E-state index contributed by atoms with van der Waals surface area (Å²) in [6, 6.07) is 11.0. The van der Waals surface area contributed by atoms with E-state index < -0.39 is 0 Å². The molecule has 0 bridgehead atoms. The summed E-state index contributed by atoms with van der Waals surface area (Å²) in [5, 5.41) is 2.05. The number of benzene rings is 2. The summed E-state index contributed by atoms with van der Waals surface area (Å²) in [6.45, 7) is 0. The highest BCUT2D eigenvalue weighted by atomic mass is 35.5. The van der Waals surface area contributed by atoms with Gasteiger partial charge in [-0.15, -0.1) is 0 Å². The Balaban J connectivity index is 2.32. The number of aromatic nitrogens is 2. The number of halogens is 2. The van der Waals surface area contributed by atoms with Gasteiger partial charge in [-0.25, -0.2) is 9.97 Å². The monoisotopic (exact) mass is 304 g/mol. The Kier molecular flexibility index (Phi) is 3.47. The van der Waals surface area contributed by atoms with Crippen molar-refractivity contribution in [3.63, 3.8) is 0 Å². The number of para-hydroxylation sites is 1. The van der Waals surface area contributed by atoms with Crippen LogP contribution in [-0.4, -0.2) is 17.1 Å². The molecule has 0 aliphatic rings. The van der Waals surface area contributed by atoms with E-state index in [1.807, 2.05) is 24.3 Å². The molecule has 0 spiro atoms. The second kappa shape index (κ2) is 5.27. The number of hydrogen-bond acceptors (Lipinski definition) is 3. The highest BCUT2D eigenvalue weighted by Crippen LogP contribution is 2.35. The Morgan fingerprint density at radius 3 is 2.65 bits per heavy atom. The molecule has 0 aliphatic carbocycles. The molecule has 3 aromatic rings. The number of hydrogen-bond donors (Lipinski definition) is 0. The lowest BCUT2D eigenvalue weighted by atomic mass is 10.1. The highest BCUT2D eigenvalue weighted by Gasteiger charge is 2.12. The smallest absolute Gasteiger partial charge is 0.119 e. The molecule has 100 valence electrons. The minimum atomic E-state index is 0.588. The van der Waals surface area contributed by atoms with Crippen molar-refractivity contribution >= 4 is 34.1 Å². The Morgan fingerprint density at radius 1 is 1.00 bits per heavy atom. The molecule has 0 amide bonds. The Labute approximate surface area is 126 Å². The number of fused-ring (bicyclic) bond motifs is 1. The Morgan fingerprint density at radius 2 is 1.85 bits per heavy atom. The van der Waals surface area contributed by atoms with Crippen LogP contribution in [0.2, 0.25) is 10.0 Å². The topological polar surface area (TPSA) is 35.0 Å². The molecule has 0 atom stereocenters. The van der Waals surface area contributed by atoms with Gasteiger partial charge in [-0.3, -0.25) is 0 Å². The summed E-state index contributed by atoms with van der Waals surface area (Å²) >= 11 is 12.4. The second-order valence-corrected chi connectivity index (χ2v) is 5.02. The number of methoxy groups -OCH3 is 1. The van der Waals surface area contributed by atoms with E-state index in [0.29, 0.717) is 15.6 Å². The van der Waals surface area contributed by atoms with Gasteiger partial charge < -0.3 is 4.74 Å². The van der Waals surface area contributed by atoms with E-state index in [1.54, 1.807) is 19.2 Å². The van der Waals surface area contributed by atoms with Gasteiger partial charge in [0.1, 0.15) is 12.1 Å². The summed E-state index contributed by atoms with van der Waals surface area (Å²) in [4.78, 5) is 8.57. The van der Waals surface area contributed by atoms with E-state index in [2.05, 4.69) is 9.97 Å². The standard InChI is InChI=1S/C15H10Cl2N2O/c1-20-9-5-6-12(16)11(7-9)14-10-3-2-4-13(17)15(10)19-8-18-14/h2-8H,1H3. The fourth-order valence-corrected chi connectivity index (χ4v) is 2.51. The molecule has 1 heterocycles. The largest absolute Gasteiger partial charge is 0.497 e. The van der Waals surface area contributed by atoms with Crippen molar-refractivity contribution in [2.75, 3.05) is 7.11 Å². The molecule has 3 rings (SSSR count). The van der Waals surface area contributed by atoms with Gasteiger partial charge in [0.25, 0.3) is 0 Å². The minimum absolute atomic E-state index is 0.588. The van der Waals surface area contributed by atoms with E-state index in [0.717, 1.165) is 22.4 Å². The van der Waals surface area contributed by atoms with Gasteiger partial charge in [-0.05, 0) is 24.3 Å². The molecule has 0 unspecified atom stereocenters. The third-order valence-electron chi connectivity index (χ3n) is 3.04. The maximum atomic E-state index is 6.28. The van der Waals surface area contributed by atoms with Crippen LogP contribution in [0.25, 0.3) is 22.2 Å². The van der Waals surface area contributed by atoms with E-state index in [4.69, 9.17) is 27.9 Å². The van der Waals surface area contributed by atoms with Crippen molar-refractivity contribution in [3.8, 4) is 17.0 Å². The molecule has 5 heteroatoms. The van der Waals surface area contributed by atoms with Crippen LogP contribution in [0.4, 0.5) is 0 Å². The lowest BCUT2D eigenvalue weighted by molar-refractivity contribution is 0.415. The van der Waals surface area contributed by atoms with Gasteiger partial charge in [-0.2, -0.15) is 0 Å². The molecule has 0 saturated carbocycles. The molecule has 0 fully saturated rings. The van der Waals surface area contributed by atoms with E-state index in [1.165, 1.54) is 6.33 Å². The van der Waals surface area contributed by atoms with Gasteiger partial charge in [0.05, 0.1) is 28.4 Å². The molecule has 0 radical (unpaired) electrons. The molecule has 0 N–H and O–H groups in total. The first-order chi connectivity index (χ1) is 9.70. The number of nitrogens with zero attached hydrogens (tertiary/aromatic N) is 2. The van der Waals surface area contributed by atoms with Gasteiger partial charge in [0.2, 0.25) is 0 Å². The SMILES string of the molecule is COc1ccc(Cl)c(-c2ncnc3c(Cl)cccc23)c1. The minimum Gasteiger partial charge on any atom is -0.497 e. The molecule has 3 nitrogen and oxygen atoms in total. The van der Waals surface area contributed by atoms with Crippen LogP contribution in [0.15, 0.2) is 42.7 Å². The average Bonchev–Trinajstić information content (AvgIpc) is 2.48. The van der Waals surface area contributed by atoms with Crippen LogP contribution < -0.4 is 4.74 Å². The number of ether oxygens (including phenoxy) is 1. The maximum absolute atomic E-state index is 6.28. The van der Waals surface area contributed by atoms with Crippen molar-refractivity contribution in [3.05, 3.63) is 52.8 Å². The van der Waals surface area contributed by atoms with Gasteiger partial charge in [-0.1, -0.05) is 35.3 Å². The molecule has 20 heavy (non-hydrogen) atoms. The highest BCUT2D eigenvalue weighted by molar-refractivity contribution is 6.36. The lowest BCUT2D eigenvalue weighted by Gasteiger charge is -2.09. The lowest BCUT2D eigenvalue weighted by Crippen LogP contribution is -1.91. The average molecular weight is 305 g/mol. The Bertz CT molecular complexity index is 790. The first kappa shape index (κ1) is 13.2. The van der Waals surface area contributed by atoms with Gasteiger partial charge >= 0.3 is 0 Å². The van der Waals surface area contributed by atoms with Crippen molar-refractivity contribution in [1.29, 1.82) is 0 Å². The van der Waals surface area contributed by atoms with E-state index in [9.17, 15) is 0 Å². The first-order valence-electron chi connectivity index (χ1n) is 5.94. The normalized spacial score (nSPS) is 10.8. The molecule has 2 aromatic carbocycles. The molecule has 1 aromatic heterocycles. The zero-order chi connectivity index (χ0) is 14.1. The third kappa shape index (κ3) is 2.19.